The lowest BCUT2D eigenvalue weighted by atomic mass is 10.2. The number of benzene rings is 2. The minimum atomic E-state index is -0.728. The fourth-order valence-electron chi connectivity index (χ4n) is 2.22. The van der Waals surface area contributed by atoms with Crippen LogP contribution in [0.2, 0.25) is 5.02 Å². The molecule has 0 saturated heterocycles. The summed E-state index contributed by atoms with van der Waals surface area (Å²) in [6, 6.07) is 10.1. The molecule has 1 aliphatic heterocycles. The molecule has 0 bridgehead atoms. The van der Waals surface area contributed by atoms with Crippen LogP contribution in [0.5, 0.6) is 23.0 Å². The standard InChI is InChI=1S/C17H16ClNO5/c1-10(24-12-4-6-15-16(8-12)23-9-22-15)17(20)19-13-7-11(18)3-5-14(13)21-2/h3-8,10H,9H2,1-2H3,(H,19,20)/t10-/m1/s1. The predicted octanol–water partition coefficient (Wildman–Crippen LogP) is 3.48. The molecule has 0 fully saturated rings. The Bertz CT molecular complexity index is 765. The van der Waals surface area contributed by atoms with Crippen molar-refractivity contribution in [3.05, 3.63) is 41.4 Å². The first-order chi connectivity index (χ1) is 11.6. The summed E-state index contributed by atoms with van der Waals surface area (Å²) >= 11 is 5.96. The molecular formula is C17H16ClNO5. The summed E-state index contributed by atoms with van der Waals surface area (Å²) in [5.41, 5.74) is 0.483. The molecule has 0 aromatic heterocycles. The summed E-state index contributed by atoms with van der Waals surface area (Å²) in [4.78, 5) is 12.3. The highest BCUT2D eigenvalue weighted by atomic mass is 35.5. The molecule has 0 unspecified atom stereocenters. The minimum absolute atomic E-state index is 0.184. The second kappa shape index (κ2) is 6.88. The fraction of sp³-hybridized carbons (Fsp3) is 0.235. The summed E-state index contributed by atoms with van der Waals surface area (Å²) in [6.07, 6.45) is -0.728. The minimum Gasteiger partial charge on any atom is -0.495 e. The van der Waals surface area contributed by atoms with Crippen molar-refractivity contribution in [1.82, 2.24) is 0 Å². The molecule has 0 spiro atoms. The Morgan fingerprint density at radius 3 is 2.79 bits per heavy atom. The summed E-state index contributed by atoms with van der Waals surface area (Å²) in [6.45, 7) is 1.83. The summed E-state index contributed by atoms with van der Waals surface area (Å²) in [5.74, 6) is 1.95. The molecule has 1 heterocycles. The number of nitrogens with one attached hydrogen (secondary N) is 1. The molecule has 0 saturated carbocycles. The number of rotatable bonds is 5. The smallest absolute Gasteiger partial charge is 0.265 e. The fourth-order valence-corrected chi connectivity index (χ4v) is 2.39. The highest BCUT2D eigenvalue weighted by molar-refractivity contribution is 6.31. The van der Waals surface area contributed by atoms with Crippen LogP contribution in [0, 0.1) is 0 Å². The normalized spacial score (nSPS) is 13.3. The maximum Gasteiger partial charge on any atom is 0.265 e. The van der Waals surface area contributed by atoms with Crippen LogP contribution >= 0.6 is 11.6 Å². The number of amides is 1. The monoisotopic (exact) mass is 349 g/mol. The van der Waals surface area contributed by atoms with E-state index in [4.69, 9.17) is 30.5 Å². The molecule has 1 atom stereocenters. The van der Waals surface area contributed by atoms with Crippen molar-refractivity contribution >= 4 is 23.2 Å². The zero-order valence-electron chi connectivity index (χ0n) is 13.2. The highest BCUT2D eigenvalue weighted by Crippen LogP contribution is 2.35. The lowest BCUT2D eigenvalue weighted by molar-refractivity contribution is -0.122. The van der Waals surface area contributed by atoms with Gasteiger partial charge >= 0.3 is 0 Å². The largest absolute Gasteiger partial charge is 0.495 e. The van der Waals surface area contributed by atoms with Gasteiger partial charge in [0.1, 0.15) is 11.5 Å². The zero-order valence-corrected chi connectivity index (χ0v) is 13.9. The van der Waals surface area contributed by atoms with Crippen LogP contribution in [0.25, 0.3) is 0 Å². The molecule has 24 heavy (non-hydrogen) atoms. The number of methoxy groups -OCH3 is 1. The van der Waals surface area contributed by atoms with Gasteiger partial charge in [-0.3, -0.25) is 4.79 Å². The van der Waals surface area contributed by atoms with Crippen molar-refractivity contribution in [2.45, 2.75) is 13.0 Å². The van der Waals surface area contributed by atoms with E-state index in [1.165, 1.54) is 7.11 Å². The second-order valence-corrected chi connectivity index (χ2v) is 5.55. The third-order valence-electron chi connectivity index (χ3n) is 3.45. The van der Waals surface area contributed by atoms with E-state index in [1.54, 1.807) is 43.3 Å². The molecule has 0 aliphatic carbocycles. The van der Waals surface area contributed by atoms with Gasteiger partial charge in [0, 0.05) is 11.1 Å². The second-order valence-electron chi connectivity index (χ2n) is 5.11. The van der Waals surface area contributed by atoms with Crippen molar-refractivity contribution in [3.63, 3.8) is 0 Å². The predicted molar refractivity (Wildman–Crippen MR) is 89.3 cm³/mol. The summed E-state index contributed by atoms with van der Waals surface area (Å²) < 4.78 is 21.4. The summed E-state index contributed by atoms with van der Waals surface area (Å²) in [5, 5.41) is 3.24. The number of hydrogen-bond donors (Lipinski definition) is 1. The van der Waals surface area contributed by atoms with E-state index >= 15 is 0 Å². The number of halogens is 1. The molecular weight excluding hydrogens is 334 g/mol. The van der Waals surface area contributed by atoms with Crippen LogP contribution in [0.15, 0.2) is 36.4 Å². The van der Waals surface area contributed by atoms with E-state index in [-0.39, 0.29) is 12.7 Å². The molecule has 2 aromatic carbocycles. The van der Waals surface area contributed by atoms with Gasteiger partial charge in [-0.15, -0.1) is 0 Å². The molecule has 6 nitrogen and oxygen atoms in total. The van der Waals surface area contributed by atoms with Gasteiger partial charge in [-0.25, -0.2) is 0 Å². The SMILES string of the molecule is COc1ccc(Cl)cc1NC(=O)[C@@H](C)Oc1ccc2c(c1)OCO2. The van der Waals surface area contributed by atoms with E-state index in [0.717, 1.165) is 0 Å². The molecule has 3 rings (SSSR count). The number of carbonyl (C=O) groups is 1. The molecule has 7 heteroatoms. The Balaban J connectivity index is 1.68. The van der Waals surface area contributed by atoms with E-state index in [0.29, 0.717) is 33.7 Å². The molecule has 1 amide bonds. The number of ether oxygens (including phenoxy) is 4. The Kier molecular flexibility index (Phi) is 4.66. The Hall–Kier alpha value is -2.60. The molecule has 126 valence electrons. The first kappa shape index (κ1) is 16.3. The van der Waals surface area contributed by atoms with Crippen LogP contribution in [0.3, 0.4) is 0 Å². The van der Waals surface area contributed by atoms with Crippen molar-refractivity contribution in [3.8, 4) is 23.0 Å². The average Bonchev–Trinajstić information content (AvgIpc) is 3.02. The van der Waals surface area contributed by atoms with Crippen molar-refractivity contribution < 1.29 is 23.7 Å². The maximum absolute atomic E-state index is 12.3. The number of carbonyl (C=O) groups excluding carboxylic acids is 1. The van der Waals surface area contributed by atoms with Crippen LogP contribution in [0.1, 0.15) is 6.92 Å². The van der Waals surface area contributed by atoms with Gasteiger partial charge in [0.2, 0.25) is 6.79 Å². The first-order valence-corrected chi connectivity index (χ1v) is 7.65. The van der Waals surface area contributed by atoms with Gasteiger partial charge in [0.25, 0.3) is 5.91 Å². The van der Waals surface area contributed by atoms with Gasteiger partial charge < -0.3 is 24.3 Å². The lowest BCUT2D eigenvalue weighted by Crippen LogP contribution is -2.30. The maximum atomic E-state index is 12.3. The third kappa shape index (κ3) is 3.49. The third-order valence-corrected chi connectivity index (χ3v) is 3.68. The lowest BCUT2D eigenvalue weighted by Gasteiger charge is -2.16. The molecule has 2 aromatic rings. The number of fused-ring (bicyclic) bond motifs is 1. The highest BCUT2D eigenvalue weighted by Gasteiger charge is 2.19. The number of anilines is 1. The molecule has 1 aliphatic rings. The Morgan fingerprint density at radius 2 is 2.00 bits per heavy atom. The van der Waals surface area contributed by atoms with Crippen molar-refractivity contribution in [2.75, 3.05) is 19.2 Å². The van der Waals surface area contributed by atoms with Gasteiger partial charge in [0.05, 0.1) is 12.8 Å². The van der Waals surface area contributed by atoms with Crippen molar-refractivity contribution in [2.24, 2.45) is 0 Å². The van der Waals surface area contributed by atoms with Crippen LogP contribution in [-0.4, -0.2) is 25.9 Å². The zero-order chi connectivity index (χ0) is 17.1. The van der Waals surface area contributed by atoms with Gasteiger partial charge in [-0.2, -0.15) is 0 Å². The van der Waals surface area contributed by atoms with E-state index in [9.17, 15) is 4.79 Å². The Morgan fingerprint density at radius 1 is 1.21 bits per heavy atom. The quantitative estimate of drug-likeness (QED) is 0.895. The van der Waals surface area contributed by atoms with Crippen LogP contribution in [0.4, 0.5) is 5.69 Å². The van der Waals surface area contributed by atoms with E-state index < -0.39 is 6.10 Å². The van der Waals surface area contributed by atoms with Gasteiger partial charge in [-0.1, -0.05) is 11.6 Å². The Labute approximate surface area is 144 Å². The summed E-state index contributed by atoms with van der Waals surface area (Å²) in [7, 11) is 1.52. The van der Waals surface area contributed by atoms with Crippen LogP contribution < -0.4 is 24.3 Å². The van der Waals surface area contributed by atoms with E-state index in [1.807, 2.05) is 0 Å². The molecule has 1 N–H and O–H groups in total. The average molecular weight is 350 g/mol. The van der Waals surface area contributed by atoms with Crippen molar-refractivity contribution in [1.29, 1.82) is 0 Å². The molecule has 0 radical (unpaired) electrons. The number of hydrogen-bond acceptors (Lipinski definition) is 5. The van der Waals surface area contributed by atoms with E-state index in [2.05, 4.69) is 5.32 Å². The topological polar surface area (TPSA) is 66.0 Å². The van der Waals surface area contributed by atoms with Gasteiger partial charge in [-0.05, 0) is 37.3 Å². The first-order valence-electron chi connectivity index (χ1n) is 7.27. The van der Waals surface area contributed by atoms with Crippen LogP contribution in [-0.2, 0) is 4.79 Å². The van der Waals surface area contributed by atoms with Gasteiger partial charge in [0.15, 0.2) is 17.6 Å².